The Bertz CT molecular complexity index is 1360. The molecule has 0 aliphatic heterocycles. The molecule has 2 aliphatic carbocycles. The number of hydrogen-bond acceptors (Lipinski definition) is 2. The highest BCUT2D eigenvalue weighted by atomic mass is 16.1. The van der Waals surface area contributed by atoms with E-state index in [0.717, 1.165) is 22.3 Å². The topological polar surface area (TPSA) is 34.1 Å². The van der Waals surface area contributed by atoms with E-state index in [-0.39, 0.29) is 23.4 Å². The predicted octanol–water partition coefficient (Wildman–Crippen LogP) is 7.72. The molecule has 0 aromatic heterocycles. The van der Waals surface area contributed by atoms with Crippen molar-refractivity contribution in [3.8, 4) is 0 Å². The van der Waals surface area contributed by atoms with E-state index in [0.29, 0.717) is 22.3 Å². The van der Waals surface area contributed by atoms with E-state index in [1.807, 2.05) is 146 Å². The van der Waals surface area contributed by atoms with E-state index >= 15 is 0 Å². The molecule has 4 aromatic rings. The molecule has 0 N–H and O–H groups in total. The van der Waals surface area contributed by atoms with E-state index in [1.54, 1.807) is 0 Å². The Balaban J connectivity index is 1.60. The molecule has 0 bridgehead atoms. The van der Waals surface area contributed by atoms with E-state index in [1.165, 1.54) is 0 Å². The molecule has 2 nitrogen and oxygen atoms in total. The Kier molecular flexibility index (Phi) is 6.37. The van der Waals surface area contributed by atoms with Crippen LogP contribution in [0.3, 0.4) is 0 Å². The van der Waals surface area contributed by atoms with Crippen LogP contribution in [0.4, 0.5) is 0 Å². The number of allylic oxidation sites excluding steroid dienone is 4. The summed E-state index contributed by atoms with van der Waals surface area (Å²) in [6.07, 6.45) is 7.85. The molecule has 38 heavy (non-hydrogen) atoms. The van der Waals surface area contributed by atoms with Crippen molar-refractivity contribution in [1.82, 2.24) is 0 Å². The zero-order valence-electron chi connectivity index (χ0n) is 20.8. The summed E-state index contributed by atoms with van der Waals surface area (Å²) in [4.78, 5) is 28.3. The second-order valence-corrected chi connectivity index (χ2v) is 9.66. The van der Waals surface area contributed by atoms with Crippen molar-refractivity contribution in [2.24, 2.45) is 11.8 Å². The van der Waals surface area contributed by atoms with Gasteiger partial charge in [-0.2, -0.15) is 0 Å². The van der Waals surface area contributed by atoms with Gasteiger partial charge in [0.05, 0.1) is 0 Å². The first-order chi connectivity index (χ1) is 18.7. The van der Waals surface area contributed by atoms with Crippen LogP contribution in [0.15, 0.2) is 144 Å². The molecule has 182 valence electrons. The van der Waals surface area contributed by atoms with Gasteiger partial charge in [0.25, 0.3) is 0 Å². The van der Waals surface area contributed by atoms with E-state index in [9.17, 15) is 9.59 Å². The second kappa shape index (κ2) is 10.3. The van der Waals surface area contributed by atoms with Crippen molar-refractivity contribution in [2.45, 2.75) is 0 Å². The summed E-state index contributed by atoms with van der Waals surface area (Å²) in [5, 5.41) is 0. The van der Waals surface area contributed by atoms with Crippen molar-refractivity contribution in [3.63, 3.8) is 0 Å². The number of carbonyl (C=O) groups excluding carboxylic acids is 2. The van der Waals surface area contributed by atoms with Gasteiger partial charge >= 0.3 is 0 Å². The fourth-order valence-corrected chi connectivity index (χ4v) is 5.49. The maximum absolute atomic E-state index is 14.1. The van der Waals surface area contributed by atoms with Crippen LogP contribution in [-0.4, -0.2) is 11.6 Å². The number of rotatable bonds is 4. The molecule has 0 saturated heterocycles. The Hall–Kier alpha value is -4.82. The Morgan fingerprint density at radius 2 is 0.553 bits per heavy atom. The summed E-state index contributed by atoms with van der Waals surface area (Å²) in [6.45, 7) is 0. The number of benzene rings is 4. The summed E-state index contributed by atoms with van der Waals surface area (Å²) in [5.74, 6) is -0.697. The predicted molar refractivity (Wildman–Crippen MR) is 155 cm³/mol. The molecule has 0 heterocycles. The third-order valence-electron chi connectivity index (χ3n) is 7.21. The van der Waals surface area contributed by atoms with Crippen LogP contribution >= 0.6 is 0 Å². The van der Waals surface area contributed by atoms with E-state index in [4.69, 9.17) is 0 Å². The monoisotopic (exact) mass is 490 g/mol. The summed E-state index contributed by atoms with van der Waals surface area (Å²) in [6, 6.07) is 39.5. The minimum atomic E-state index is -0.347. The first-order valence-electron chi connectivity index (χ1n) is 12.8. The third kappa shape index (κ3) is 4.53. The Labute approximate surface area is 223 Å². The fourth-order valence-electron chi connectivity index (χ4n) is 5.49. The van der Waals surface area contributed by atoms with Crippen LogP contribution in [0.25, 0.3) is 24.3 Å². The van der Waals surface area contributed by atoms with Crippen molar-refractivity contribution < 1.29 is 9.59 Å². The van der Waals surface area contributed by atoms with Gasteiger partial charge in [-0.05, 0) is 46.6 Å². The average Bonchev–Trinajstić information content (AvgIpc) is 3.37. The van der Waals surface area contributed by atoms with Gasteiger partial charge < -0.3 is 0 Å². The van der Waals surface area contributed by atoms with Crippen LogP contribution in [-0.2, 0) is 9.59 Å². The standard InChI is InChI=1S/C36H26O2/c37-35-29(21-25-13-5-1-6-14-25)33-30(22-26-15-7-2-8-16-26)36(38)32(24-28-19-11-4-12-20-28)34(33)31(35)23-27-17-9-3-10-18-27/h1-24,33-34H/b29-21-,30-22+,31-23+,32-24+. The first-order valence-corrected chi connectivity index (χ1v) is 12.8. The second-order valence-electron chi connectivity index (χ2n) is 9.66. The lowest BCUT2D eigenvalue weighted by atomic mass is 9.88. The van der Waals surface area contributed by atoms with Gasteiger partial charge in [-0.3, -0.25) is 9.59 Å². The fraction of sp³-hybridized carbons (Fsp3) is 0.0556. The Morgan fingerprint density at radius 3 is 0.763 bits per heavy atom. The molecule has 4 aromatic carbocycles. The SMILES string of the molecule is O=C1/C(=C\c2ccccc2)C2/C(=C\c3ccccc3)C(=O)/C(=C/c3ccccc3)C2/C1=C\c1ccccc1. The van der Waals surface area contributed by atoms with Gasteiger partial charge in [-0.25, -0.2) is 0 Å². The van der Waals surface area contributed by atoms with Gasteiger partial charge in [0.2, 0.25) is 0 Å². The molecule has 2 unspecified atom stereocenters. The molecule has 2 atom stereocenters. The van der Waals surface area contributed by atoms with Crippen LogP contribution in [0.5, 0.6) is 0 Å². The van der Waals surface area contributed by atoms with Crippen molar-refractivity contribution >= 4 is 35.9 Å². The third-order valence-corrected chi connectivity index (χ3v) is 7.21. The lowest BCUT2D eigenvalue weighted by molar-refractivity contribution is -0.112. The molecule has 2 heteroatoms. The lowest BCUT2D eigenvalue weighted by Crippen LogP contribution is -2.08. The molecular weight excluding hydrogens is 464 g/mol. The van der Waals surface area contributed by atoms with Crippen molar-refractivity contribution in [2.75, 3.05) is 0 Å². The number of carbonyl (C=O) groups is 2. The summed E-state index contributed by atoms with van der Waals surface area (Å²) < 4.78 is 0. The average molecular weight is 491 g/mol. The zero-order chi connectivity index (χ0) is 25.9. The van der Waals surface area contributed by atoms with Crippen LogP contribution in [0.2, 0.25) is 0 Å². The highest BCUT2D eigenvalue weighted by Gasteiger charge is 2.53. The molecule has 2 aliphatic rings. The minimum Gasteiger partial charge on any atom is -0.289 e. The molecule has 0 spiro atoms. The largest absolute Gasteiger partial charge is 0.289 e. The van der Waals surface area contributed by atoms with E-state index in [2.05, 4.69) is 0 Å². The van der Waals surface area contributed by atoms with Gasteiger partial charge in [0.15, 0.2) is 11.6 Å². The number of Topliss-reactive ketones (excluding diaryl/α,β-unsaturated/α-hetero) is 2. The molecule has 2 fully saturated rings. The number of hydrogen-bond donors (Lipinski definition) is 0. The molecule has 6 rings (SSSR count). The normalized spacial score (nSPS) is 23.1. The first kappa shape index (κ1) is 23.6. The molecule has 2 saturated carbocycles. The summed E-state index contributed by atoms with van der Waals surface area (Å²) >= 11 is 0. The summed E-state index contributed by atoms with van der Waals surface area (Å²) in [7, 11) is 0. The molecule has 0 amide bonds. The van der Waals surface area contributed by atoms with Crippen LogP contribution in [0, 0.1) is 11.8 Å². The highest BCUT2D eigenvalue weighted by molar-refractivity contribution is 6.27. The van der Waals surface area contributed by atoms with Crippen molar-refractivity contribution in [3.05, 3.63) is 166 Å². The van der Waals surface area contributed by atoms with Gasteiger partial charge in [0, 0.05) is 34.1 Å². The summed E-state index contributed by atoms with van der Waals surface area (Å²) in [5.41, 5.74) is 6.44. The minimum absolute atomic E-state index is 0.00173. The maximum Gasteiger partial charge on any atom is 0.186 e. The molecule has 0 radical (unpaired) electrons. The number of ketones is 2. The van der Waals surface area contributed by atoms with Crippen LogP contribution < -0.4 is 0 Å². The molecular formula is C36H26O2. The smallest absolute Gasteiger partial charge is 0.186 e. The van der Waals surface area contributed by atoms with Gasteiger partial charge in [0.1, 0.15) is 0 Å². The Morgan fingerprint density at radius 1 is 0.342 bits per heavy atom. The van der Waals surface area contributed by atoms with Gasteiger partial charge in [-0.15, -0.1) is 0 Å². The number of fused-ring (bicyclic) bond motifs is 1. The highest BCUT2D eigenvalue weighted by Crippen LogP contribution is 2.54. The van der Waals surface area contributed by atoms with E-state index < -0.39 is 0 Å². The maximum atomic E-state index is 14.1. The zero-order valence-corrected chi connectivity index (χ0v) is 20.8. The van der Waals surface area contributed by atoms with Gasteiger partial charge in [-0.1, -0.05) is 121 Å². The van der Waals surface area contributed by atoms with Crippen LogP contribution in [0.1, 0.15) is 22.3 Å². The lowest BCUT2D eigenvalue weighted by Gasteiger charge is -2.12. The van der Waals surface area contributed by atoms with Crippen molar-refractivity contribution in [1.29, 1.82) is 0 Å². The quantitative estimate of drug-likeness (QED) is 0.275.